The lowest BCUT2D eigenvalue weighted by molar-refractivity contribution is -0.140. The van der Waals surface area contributed by atoms with Crippen LogP contribution < -0.4 is 4.74 Å². The molecule has 0 radical (unpaired) electrons. The monoisotopic (exact) mass is 347 g/mol. The Labute approximate surface area is 152 Å². The molecule has 1 aromatic rings. The van der Waals surface area contributed by atoms with Crippen molar-refractivity contribution >= 4 is 5.97 Å². The molecular weight excluding hydrogens is 314 g/mol. The zero-order valence-electron chi connectivity index (χ0n) is 15.7. The normalized spacial score (nSPS) is 15.6. The first-order valence-corrected chi connectivity index (χ1v) is 9.79. The van der Waals surface area contributed by atoms with Gasteiger partial charge in [-0.1, -0.05) is 25.0 Å². The molecule has 0 saturated carbocycles. The van der Waals surface area contributed by atoms with Crippen LogP contribution in [0.3, 0.4) is 0 Å². The third kappa shape index (κ3) is 8.39. The highest BCUT2D eigenvalue weighted by Gasteiger charge is 2.08. The number of methoxy groups -OCH3 is 1. The van der Waals surface area contributed by atoms with Crippen LogP contribution in [-0.2, 0) is 16.0 Å². The second kappa shape index (κ2) is 11.9. The maximum Gasteiger partial charge on any atom is 0.305 e. The number of rotatable bonds is 10. The van der Waals surface area contributed by atoms with Crippen molar-refractivity contribution in [2.75, 3.05) is 33.4 Å². The summed E-state index contributed by atoms with van der Waals surface area (Å²) < 4.78 is 10.5. The molecule has 1 saturated heterocycles. The smallest absolute Gasteiger partial charge is 0.305 e. The van der Waals surface area contributed by atoms with Gasteiger partial charge in [-0.05, 0) is 69.3 Å². The standard InChI is InChI=1S/C21H33NO3/c1-24-21(23)10-5-4-9-19-11-13-20(14-12-19)25-18-8-17-22-15-6-2-3-7-16-22/h11-14H,2-10,15-18H2,1H3. The molecule has 140 valence electrons. The molecule has 0 aromatic heterocycles. The Morgan fingerprint density at radius 2 is 1.72 bits per heavy atom. The van der Waals surface area contributed by atoms with E-state index in [2.05, 4.69) is 33.9 Å². The first-order valence-electron chi connectivity index (χ1n) is 9.79. The van der Waals surface area contributed by atoms with Crippen LogP contribution in [0.15, 0.2) is 24.3 Å². The average Bonchev–Trinajstić information content (AvgIpc) is 2.92. The van der Waals surface area contributed by atoms with Gasteiger partial charge in [-0.3, -0.25) is 4.79 Å². The Kier molecular flexibility index (Phi) is 9.42. The van der Waals surface area contributed by atoms with Gasteiger partial charge >= 0.3 is 5.97 Å². The van der Waals surface area contributed by atoms with E-state index < -0.39 is 0 Å². The Bertz CT molecular complexity index is 478. The van der Waals surface area contributed by atoms with Gasteiger partial charge in [-0.15, -0.1) is 0 Å². The van der Waals surface area contributed by atoms with Crippen molar-refractivity contribution in [1.29, 1.82) is 0 Å². The van der Waals surface area contributed by atoms with Gasteiger partial charge in [-0.25, -0.2) is 0 Å². The number of esters is 1. The highest BCUT2D eigenvalue weighted by Crippen LogP contribution is 2.15. The van der Waals surface area contributed by atoms with Crippen LogP contribution in [0.25, 0.3) is 0 Å². The highest BCUT2D eigenvalue weighted by atomic mass is 16.5. The van der Waals surface area contributed by atoms with Gasteiger partial charge < -0.3 is 14.4 Å². The van der Waals surface area contributed by atoms with Crippen LogP contribution in [0.1, 0.15) is 56.9 Å². The molecule has 1 fully saturated rings. The lowest BCUT2D eigenvalue weighted by atomic mass is 10.1. The van der Waals surface area contributed by atoms with Crippen LogP contribution in [-0.4, -0.2) is 44.2 Å². The number of hydrogen-bond acceptors (Lipinski definition) is 4. The van der Waals surface area contributed by atoms with Crippen molar-refractivity contribution in [2.45, 2.75) is 57.8 Å². The molecule has 1 heterocycles. The third-order valence-corrected chi connectivity index (χ3v) is 4.83. The molecule has 1 aromatic carbocycles. The average molecular weight is 347 g/mol. The second-order valence-electron chi connectivity index (χ2n) is 6.89. The summed E-state index contributed by atoms with van der Waals surface area (Å²) in [5, 5.41) is 0. The summed E-state index contributed by atoms with van der Waals surface area (Å²) in [7, 11) is 1.44. The molecule has 25 heavy (non-hydrogen) atoms. The van der Waals surface area contributed by atoms with Crippen LogP contribution in [0, 0.1) is 0 Å². The van der Waals surface area contributed by atoms with Gasteiger partial charge in [0.15, 0.2) is 0 Å². The van der Waals surface area contributed by atoms with Crippen molar-refractivity contribution in [1.82, 2.24) is 4.90 Å². The minimum Gasteiger partial charge on any atom is -0.494 e. The van der Waals surface area contributed by atoms with Crippen molar-refractivity contribution in [3.63, 3.8) is 0 Å². The number of likely N-dealkylation sites (tertiary alicyclic amines) is 1. The summed E-state index contributed by atoms with van der Waals surface area (Å²) in [5.74, 6) is 0.832. The van der Waals surface area contributed by atoms with Crippen LogP contribution >= 0.6 is 0 Å². The molecule has 0 atom stereocenters. The molecule has 4 heteroatoms. The van der Waals surface area contributed by atoms with Crippen molar-refractivity contribution in [2.24, 2.45) is 0 Å². The van der Waals surface area contributed by atoms with E-state index in [4.69, 9.17) is 4.74 Å². The Hall–Kier alpha value is -1.55. The fourth-order valence-corrected chi connectivity index (χ4v) is 3.29. The van der Waals surface area contributed by atoms with E-state index in [1.54, 1.807) is 0 Å². The second-order valence-corrected chi connectivity index (χ2v) is 6.89. The number of ether oxygens (including phenoxy) is 2. The molecule has 0 bridgehead atoms. The molecule has 0 aliphatic carbocycles. The molecule has 0 spiro atoms. The van der Waals surface area contributed by atoms with Gasteiger partial charge in [0.2, 0.25) is 0 Å². The maximum atomic E-state index is 11.1. The van der Waals surface area contributed by atoms with Crippen LogP contribution in [0.5, 0.6) is 5.75 Å². The molecule has 2 rings (SSSR count). The minimum atomic E-state index is -0.121. The topological polar surface area (TPSA) is 38.8 Å². The molecule has 1 aliphatic rings. The fraction of sp³-hybridized carbons (Fsp3) is 0.667. The lowest BCUT2D eigenvalue weighted by Crippen LogP contribution is -2.26. The van der Waals surface area contributed by atoms with E-state index in [0.29, 0.717) is 6.42 Å². The first kappa shape index (κ1) is 19.8. The number of aryl methyl sites for hydroxylation is 1. The Morgan fingerprint density at radius 3 is 2.40 bits per heavy atom. The van der Waals surface area contributed by atoms with E-state index >= 15 is 0 Å². The summed E-state index contributed by atoms with van der Waals surface area (Å²) in [6, 6.07) is 8.37. The molecule has 0 unspecified atom stereocenters. The zero-order chi connectivity index (χ0) is 17.7. The van der Waals surface area contributed by atoms with Gasteiger partial charge in [0, 0.05) is 13.0 Å². The molecule has 4 nitrogen and oxygen atoms in total. The number of nitrogens with zero attached hydrogens (tertiary/aromatic N) is 1. The van der Waals surface area contributed by atoms with Crippen molar-refractivity contribution in [3.05, 3.63) is 29.8 Å². The Balaban J connectivity index is 1.57. The molecule has 0 amide bonds. The van der Waals surface area contributed by atoms with Gasteiger partial charge in [0.05, 0.1) is 13.7 Å². The summed E-state index contributed by atoms with van der Waals surface area (Å²) in [6.07, 6.45) is 9.96. The highest BCUT2D eigenvalue weighted by molar-refractivity contribution is 5.68. The van der Waals surface area contributed by atoms with Gasteiger partial charge in [-0.2, -0.15) is 0 Å². The van der Waals surface area contributed by atoms with Crippen molar-refractivity contribution in [3.8, 4) is 5.75 Å². The van der Waals surface area contributed by atoms with E-state index in [0.717, 1.165) is 44.6 Å². The number of unbranched alkanes of at least 4 members (excludes halogenated alkanes) is 1. The van der Waals surface area contributed by atoms with E-state index in [9.17, 15) is 4.79 Å². The number of benzene rings is 1. The SMILES string of the molecule is COC(=O)CCCCc1ccc(OCCCN2CCCCCC2)cc1. The summed E-state index contributed by atoms with van der Waals surface area (Å²) in [4.78, 5) is 13.6. The maximum absolute atomic E-state index is 11.1. The van der Waals surface area contributed by atoms with Gasteiger partial charge in [0.1, 0.15) is 5.75 Å². The Morgan fingerprint density at radius 1 is 1.00 bits per heavy atom. The van der Waals surface area contributed by atoms with Crippen molar-refractivity contribution < 1.29 is 14.3 Å². The summed E-state index contributed by atoms with van der Waals surface area (Å²) in [6.45, 7) is 4.45. The summed E-state index contributed by atoms with van der Waals surface area (Å²) >= 11 is 0. The largest absolute Gasteiger partial charge is 0.494 e. The van der Waals surface area contributed by atoms with E-state index in [1.165, 1.54) is 51.4 Å². The van der Waals surface area contributed by atoms with Gasteiger partial charge in [0.25, 0.3) is 0 Å². The first-order chi connectivity index (χ1) is 12.3. The van der Waals surface area contributed by atoms with E-state index in [-0.39, 0.29) is 5.97 Å². The predicted molar refractivity (Wildman–Crippen MR) is 101 cm³/mol. The van der Waals surface area contributed by atoms with E-state index in [1.807, 2.05) is 0 Å². The molecular formula is C21H33NO3. The fourth-order valence-electron chi connectivity index (χ4n) is 3.29. The van der Waals surface area contributed by atoms with Crippen LogP contribution in [0.4, 0.5) is 0 Å². The minimum absolute atomic E-state index is 0.121. The zero-order valence-corrected chi connectivity index (χ0v) is 15.7. The molecule has 0 N–H and O–H groups in total. The van der Waals surface area contributed by atoms with Crippen LogP contribution in [0.2, 0.25) is 0 Å². The number of carbonyl (C=O) groups excluding carboxylic acids is 1. The lowest BCUT2D eigenvalue weighted by Gasteiger charge is -2.19. The molecule has 1 aliphatic heterocycles. The number of hydrogen-bond donors (Lipinski definition) is 0. The number of carbonyl (C=O) groups is 1. The summed E-state index contributed by atoms with van der Waals surface area (Å²) in [5.41, 5.74) is 1.29. The predicted octanol–water partition coefficient (Wildman–Crippen LogP) is 4.22. The quantitative estimate of drug-likeness (QED) is 0.469. The third-order valence-electron chi connectivity index (χ3n) is 4.83.